The van der Waals surface area contributed by atoms with E-state index in [-0.39, 0.29) is 23.3 Å². The lowest BCUT2D eigenvalue weighted by molar-refractivity contribution is -0.130. The Morgan fingerprint density at radius 1 is 0.897 bits per heavy atom. The summed E-state index contributed by atoms with van der Waals surface area (Å²) in [6, 6.07) is 22.8. The summed E-state index contributed by atoms with van der Waals surface area (Å²) in [6.45, 7) is 3.44. The van der Waals surface area contributed by atoms with Crippen molar-refractivity contribution in [3.05, 3.63) is 106 Å². The highest BCUT2D eigenvalue weighted by molar-refractivity contribution is 6.30. The van der Waals surface area contributed by atoms with Crippen LogP contribution in [0.15, 0.2) is 89.9 Å². The second-order valence-corrected chi connectivity index (χ2v) is 9.44. The van der Waals surface area contributed by atoms with Gasteiger partial charge in [0.1, 0.15) is 5.75 Å². The molecule has 2 heterocycles. The van der Waals surface area contributed by atoms with Gasteiger partial charge in [0, 0.05) is 49.4 Å². The fourth-order valence-electron chi connectivity index (χ4n) is 4.32. The molecule has 3 aromatic carbocycles. The van der Waals surface area contributed by atoms with E-state index in [1.54, 1.807) is 70.5 Å². The number of para-hydroxylation sites is 1. The maximum Gasteiger partial charge on any atom is 0.299 e. The standard InChI is InChI=1S/C29H26ClN5O4/c1-20(36)33-13-15-34(16-14-33)28(37)21-7-5-9-23(17-21)32-27-26(39-25-12-6-8-22(30)18-25)19-31-35(29(27)38)24-10-3-2-4-11-24/h2-12,17-19,32H,13-16H2,1H3. The SMILES string of the molecule is CC(=O)N1CCN(C(=O)c2cccc(Nc3c(Oc4cccc(Cl)c4)cnn(-c4ccccc4)c3=O)c2)CC1. The zero-order valence-corrected chi connectivity index (χ0v) is 22.0. The van der Waals surface area contributed by atoms with Gasteiger partial charge in [0.25, 0.3) is 11.5 Å². The third-order valence-corrected chi connectivity index (χ3v) is 6.59. The highest BCUT2D eigenvalue weighted by Gasteiger charge is 2.24. The molecule has 5 rings (SSSR count). The van der Waals surface area contributed by atoms with Crippen molar-refractivity contribution in [1.82, 2.24) is 19.6 Å². The maximum atomic E-state index is 13.6. The Bertz CT molecular complexity index is 1570. The van der Waals surface area contributed by atoms with E-state index < -0.39 is 5.56 Å². The molecule has 0 unspecified atom stereocenters. The molecule has 10 heteroatoms. The average Bonchev–Trinajstić information content (AvgIpc) is 2.95. The number of halogens is 1. The molecule has 0 aliphatic carbocycles. The van der Waals surface area contributed by atoms with Crippen LogP contribution in [0.5, 0.6) is 11.5 Å². The first-order valence-corrected chi connectivity index (χ1v) is 12.8. The van der Waals surface area contributed by atoms with Crippen molar-refractivity contribution in [3.63, 3.8) is 0 Å². The number of aromatic nitrogens is 2. The van der Waals surface area contributed by atoms with E-state index in [0.717, 1.165) is 0 Å². The number of hydrogen-bond acceptors (Lipinski definition) is 6. The average molecular weight is 544 g/mol. The van der Waals surface area contributed by atoms with E-state index in [2.05, 4.69) is 10.4 Å². The first-order chi connectivity index (χ1) is 18.9. The molecule has 1 aromatic heterocycles. The number of carbonyl (C=O) groups excluding carboxylic acids is 2. The molecular formula is C29H26ClN5O4. The molecule has 1 saturated heterocycles. The van der Waals surface area contributed by atoms with Crippen LogP contribution >= 0.6 is 11.6 Å². The van der Waals surface area contributed by atoms with Crippen molar-refractivity contribution in [2.75, 3.05) is 31.5 Å². The Morgan fingerprint density at radius 3 is 2.33 bits per heavy atom. The van der Waals surface area contributed by atoms with Crippen LogP contribution in [0.4, 0.5) is 11.4 Å². The van der Waals surface area contributed by atoms with E-state index in [0.29, 0.717) is 53.9 Å². The number of amides is 2. The molecule has 0 bridgehead atoms. The lowest BCUT2D eigenvalue weighted by Crippen LogP contribution is -2.50. The van der Waals surface area contributed by atoms with Crippen molar-refractivity contribution < 1.29 is 14.3 Å². The van der Waals surface area contributed by atoms with Gasteiger partial charge in [-0.25, -0.2) is 0 Å². The molecule has 1 N–H and O–H groups in total. The molecule has 9 nitrogen and oxygen atoms in total. The molecule has 198 valence electrons. The molecule has 2 amide bonds. The molecular weight excluding hydrogens is 518 g/mol. The summed E-state index contributed by atoms with van der Waals surface area (Å²) in [5.74, 6) is 0.501. The predicted octanol–water partition coefficient (Wildman–Crippen LogP) is 4.73. The van der Waals surface area contributed by atoms with Gasteiger partial charge < -0.3 is 19.9 Å². The van der Waals surface area contributed by atoms with E-state index in [9.17, 15) is 14.4 Å². The fraction of sp³-hybridized carbons (Fsp3) is 0.172. The monoisotopic (exact) mass is 543 g/mol. The summed E-state index contributed by atoms with van der Waals surface area (Å²) < 4.78 is 7.28. The minimum Gasteiger partial charge on any atom is -0.453 e. The van der Waals surface area contributed by atoms with Gasteiger partial charge in [0.2, 0.25) is 5.91 Å². The third kappa shape index (κ3) is 5.94. The number of anilines is 2. The minimum absolute atomic E-state index is 0.00241. The molecule has 1 aliphatic heterocycles. The van der Waals surface area contributed by atoms with E-state index >= 15 is 0 Å². The Labute approximate surface area is 230 Å². The Hall–Kier alpha value is -4.63. The zero-order valence-electron chi connectivity index (χ0n) is 21.2. The van der Waals surface area contributed by atoms with Crippen LogP contribution < -0.4 is 15.6 Å². The number of rotatable bonds is 6. The van der Waals surface area contributed by atoms with Crippen LogP contribution in [0.25, 0.3) is 5.69 Å². The van der Waals surface area contributed by atoms with Gasteiger partial charge in [0.15, 0.2) is 11.4 Å². The molecule has 0 atom stereocenters. The van der Waals surface area contributed by atoms with Crippen LogP contribution in [0.2, 0.25) is 5.02 Å². The molecule has 4 aromatic rings. The number of hydrogen-bond donors (Lipinski definition) is 1. The van der Waals surface area contributed by atoms with Gasteiger partial charge >= 0.3 is 0 Å². The van der Waals surface area contributed by atoms with Crippen LogP contribution in [0, 0.1) is 0 Å². The van der Waals surface area contributed by atoms with Crippen LogP contribution in [0.1, 0.15) is 17.3 Å². The summed E-state index contributed by atoms with van der Waals surface area (Å²) in [6.07, 6.45) is 1.46. The first-order valence-electron chi connectivity index (χ1n) is 12.4. The van der Waals surface area contributed by atoms with E-state index in [4.69, 9.17) is 16.3 Å². The van der Waals surface area contributed by atoms with Crippen molar-refractivity contribution in [3.8, 4) is 17.2 Å². The van der Waals surface area contributed by atoms with Crippen LogP contribution in [-0.2, 0) is 4.79 Å². The van der Waals surface area contributed by atoms with Gasteiger partial charge in [0.05, 0.1) is 11.9 Å². The summed E-state index contributed by atoms with van der Waals surface area (Å²) in [7, 11) is 0. The second-order valence-electron chi connectivity index (χ2n) is 9.00. The van der Waals surface area contributed by atoms with Gasteiger partial charge in [-0.2, -0.15) is 9.78 Å². The largest absolute Gasteiger partial charge is 0.453 e. The molecule has 1 aliphatic rings. The summed E-state index contributed by atoms with van der Waals surface area (Å²) in [5.41, 5.74) is 1.30. The second kappa shape index (κ2) is 11.4. The number of carbonyl (C=O) groups is 2. The van der Waals surface area contributed by atoms with E-state index in [1.165, 1.54) is 17.8 Å². The van der Waals surface area contributed by atoms with Gasteiger partial charge in [-0.1, -0.05) is 41.9 Å². The molecule has 1 fully saturated rings. The normalized spacial score (nSPS) is 13.2. The Kier molecular flexibility index (Phi) is 7.60. The topological polar surface area (TPSA) is 96.8 Å². The third-order valence-electron chi connectivity index (χ3n) is 6.36. The number of piperazine rings is 1. The van der Waals surface area contributed by atoms with Crippen LogP contribution in [0.3, 0.4) is 0 Å². The lowest BCUT2D eigenvalue weighted by Gasteiger charge is -2.34. The molecule has 0 radical (unpaired) electrons. The molecule has 39 heavy (non-hydrogen) atoms. The van der Waals surface area contributed by atoms with E-state index in [1.807, 2.05) is 18.2 Å². The highest BCUT2D eigenvalue weighted by atomic mass is 35.5. The number of ether oxygens (including phenoxy) is 1. The van der Waals surface area contributed by atoms with Crippen molar-refractivity contribution in [2.45, 2.75) is 6.92 Å². The maximum absolute atomic E-state index is 13.6. The summed E-state index contributed by atoms with van der Waals surface area (Å²) in [4.78, 5) is 41.9. The predicted molar refractivity (Wildman–Crippen MR) is 149 cm³/mol. The highest BCUT2D eigenvalue weighted by Crippen LogP contribution is 2.30. The van der Waals surface area contributed by atoms with Gasteiger partial charge in [-0.3, -0.25) is 14.4 Å². The smallest absolute Gasteiger partial charge is 0.299 e. The molecule has 0 spiro atoms. The number of nitrogens with one attached hydrogen (secondary N) is 1. The Balaban J connectivity index is 1.46. The van der Waals surface area contributed by atoms with Crippen molar-refractivity contribution in [2.24, 2.45) is 0 Å². The van der Waals surface area contributed by atoms with Gasteiger partial charge in [-0.15, -0.1) is 0 Å². The number of benzene rings is 3. The first kappa shape index (κ1) is 26.0. The zero-order chi connectivity index (χ0) is 27.4. The van der Waals surface area contributed by atoms with Crippen molar-refractivity contribution in [1.29, 1.82) is 0 Å². The lowest BCUT2D eigenvalue weighted by atomic mass is 10.1. The van der Waals surface area contributed by atoms with Crippen molar-refractivity contribution >= 4 is 34.8 Å². The fourth-order valence-corrected chi connectivity index (χ4v) is 4.50. The van der Waals surface area contributed by atoms with Crippen LogP contribution in [-0.4, -0.2) is 57.6 Å². The summed E-state index contributed by atoms with van der Waals surface area (Å²) >= 11 is 6.12. The summed E-state index contributed by atoms with van der Waals surface area (Å²) in [5, 5.41) is 7.95. The quantitative estimate of drug-likeness (QED) is 0.378. The minimum atomic E-state index is -0.433. The van der Waals surface area contributed by atoms with Gasteiger partial charge in [-0.05, 0) is 48.5 Å². The molecule has 0 saturated carbocycles. The number of nitrogens with zero attached hydrogens (tertiary/aromatic N) is 4. The Morgan fingerprint density at radius 2 is 1.62 bits per heavy atom.